The molecule has 5 aromatic rings. The number of aliphatic hydroxyl groups is 3. The highest BCUT2D eigenvalue weighted by Gasteiger charge is 2.46. The number of methoxy groups -OCH3 is 2. The van der Waals surface area contributed by atoms with Crippen LogP contribution >= 0.6 is 0 Å². The molecule has 1 aliphatic rings. The molecule has 1 aliphatic heterocycles. The molecule has 0 saturated carbocycles. The number of phenolic OH excluding ortho intramolecular Hbond substituents is 2. The topological polar surface area (TPSA) is 249 Å². The molecular weight excluding hydrogens is 676 g/mol. The van der Waals surface area contributed by atoms with E-state index in [1.165, 1.54) is 50.6 Å². The molecule has 266 valence electrons. The monoisotopic (exact) mass is 707 g/mol. The van der Waals surface area contributed by atoms with Crippen LogP contribution in [0.25, 0.3) is 39.3 Å². The quantitative estimate of drug-likeness (QED) is 0.0693. The summed E-state index contributed by atoms with van der Waals surface area (Å²) in [4.78, 5) is 35.0. The van der Waals surface area contributed by atoms with E-state index in [4.69, 9.17) is 32.5 Å². The molecule has 7 N–H and O–H groups in total. The summed E-state index contributed by atoms with van der Waals surface area (Å²) in [5.41, 5.74) is 0.260. The predicted molar refractivity (Wildman–Crippen MR) is 174 cm³/mol. The van der Waals surface area contributed by atoms with E-state index >= 15 is 0 Å². The van der Waals surface area contributed by atoms with Crippen molar-refractivity contribution in [3.05, 3.63) is 77.4 Å². The van der Waals surface area contributed by atoms with Crippen LogP contribution in [0.15, 0.2) is 69.5 Å². The van der Waals surface area contributed by atoms with Crippen LogP contribution in [0.1, 0.15) is 16.1 Å². The second kappa shape index (κ2) is 14.0. The molecule has 0 bridgehead atoms. The van der Waals surface area contributed by atoms with E-state index in [1.807, 2.05) is 0 Å². The molecule has 0 spiro atoms. The van der Waals surface area contributed by atoms with Crippen molar-refractivity contribution in [2.24, 2.45) is 0 Å². The van der Waals surface area contributed by atoms with Crippen LogP contribution in [0.3, 0.4) is 0 Å². The summed E-state index contributed by atoms with van der Waals surface area (Å²) >= 11 is 0. The minimum absolute atomic E-state index is 0.000219. The largest absolute Gasteiger partial charge is 0.508 e. The van der Waals surface area contributed by atoms with Gasteiger partial charge in [-0.15, -0.1) is 0 Å². The number of benzene rings is 3. The third-order valence-electron chi connectivity index (χ3n) is 8.03. The smallest absolute Gasteiger partial charge is 0.371 e. The molecule has 0 aliphatic carbocycles. The molecule has 1 saturated heterocycles. The van der Waals surface area contributed by atoms with Crippen molar-refractivity contribution < 1.29 is 77.5 Å². The second-order valence-electron chi connectivity index (χ2n) is 11.3. The van der Waals surface area contributed by atoms with Crippen LogP contribution in [0, 0.1) is 0 Å². The molecule has 2 aromatic heterocycles. The molecule has 51 heavy (non-hydrogen) atoms. The zero-order chi connectivity index (χ0) is 36.6. The third kappa shape index (κ3) is 6.88. The number of hydrogen-bond acceptors (Lipinski definition) is 14. The van der Waals surface area contributed by atoms with Crippen LogP contribution in [-0.2, 0) is 14.3 Å². The molecule has 3 heterocycles. The third-order valence-corrected chi connectivity index (χ3v) is 8.03. The number of esters is 1. The van der Waals surface area contributed by atoms with E-state index in [0.29, 0.717) is 5.56 Å². The fraction of sp³-hybridized carbons (Fsp3) is 0.229. The molecule has 16 nitrogen and oxygen atoms in total. The summed E-state index contributed by atoms with van der Waals surface area (Å²) < 4.78 is 39.5. The zero-order valence-corrected chi connectivity index (χ0v) is 26.7. The maximum Gasteiger partial charge on any atom is 0.371 e. The van der Waals surface area contributed by atoms with Crippen molar-refractivity contribution in [3.63, 3.8) is 0 Å². The second-order valence-corrected chi connectivity index (χ2v) is 11.3. The Labute approximate surface area is 286 Å². The average Bonchev–Trinajstić information content (AvgIpc) is 3.11. The number of carboxylic acids is 1. The van der Waals surface area contributed by atoms with Crippen molar-refractivity contribution in [3.8, 4) is 40.1 Å². The molecule has 0 radical (unpaired) electrons. The number of aromatic carboxylic acids is 1. The van der Waals surface area contributed by atoms with Crippen molar-refractivity contribution in [2.75, 3.05) is 20.8 Å². The maximum absolute atomic E-state index is 12.5. The first kappa shape index (κ1) is 34.8. The van der Waals surface area contributed by atoms with Gasteiger partial charge in [-0.2, -0.15) is 0 Å². The van der Waals surface area contributed by atoms with Crippen LogP contribution in [-0.4, -0.2) is 98.9 Å². The highest BCUT2D eigenvalue weighted by molar-refractivity contribution is 6.11. The van der Waals surface area contributed by atoms with Crippen LogP contribution < -0.4 is 19.6 Å². The molecule has 5 atom stereocenters. The Kier molecular flexibility index (Phi) is 9.58. The van der Waals surface area contributed by atoms with E-state index in [1.54, 1.807) is 12.1 Å². The van der Waals surface area contributed by atoms with Gasteiger partial charge in [0.2, 0.25) is 17.8 Å². The van der Waals surface area contributed by atoms with Gasteiger partial charge in [0.1, 0.15) is 47.9 Å². The summed E-state index contributed by atoms with van der Waals surface area (Å²) in [5, 5.41) is 62.5. The predicted octanol–water partition coefficient (Wildman–Crippen LogP) is 2.42. The number of carbonyl (C=O) groups is 2. The van der Waals surface area contributed by atoms with Crippen molar-refractivity contribution >= 4 is 40.0 Å². The first-order valence-electron chi connectivity index (χ1n) is 15.1. The minimum Gasteiger partial charge on any atom is -0.508 e. The molecule has 0 amide bonds. The van der Waals surface area contributed by atoms with E-state index < -0.39 is 55.0 Å². The number of carbonyl (C=O) groups excluding carboxylic acids is 1. The van der Waals surface area contributed by atoms with E-state index in [2.05, 4.69) is 0 Å². The van der Waals surface area contributed by atoms with Gasteiger partial charge in [-0.1, -0.05) is 12.1 Å². The van der Waals surface area contributed by atoms with Gasteiger partial charge in [0.15, 0.2) is 23.0 Å². The lowest BCUT2D eigenvalue weighted by atomic mass is 9.99. The number of aromatic hydroxyl groups is 2. The Morgan fingerprint density at radius 2 is 1.53 bits per heavy atom. The normalized spacial score (nSPS) is 20.5. The van der Waals surface area contributed by atoms with Crippen molar-refractivity contribution in [1.29, 1.82) is 0 Å². The van der Waals surface area contributed by atoms with Crippen LogP contribution in [0.2, 0.25) is 0 Å². The first-order valence-corrected chi connectivity index (χ1v) is 15.1. The molecule has 1 fully saturated rings. The van der Waals surface area contributed by atoms with Gasteiger partial charge in [-0.25, -0.2) is 9.59 Å². The molecule has 16 heteroatoms. The average molecular weight is 708 g/mol. The summed E-state index contributed by atoms with van der Waals surface area (Å²) in [6, 6.07) is 12.2. The summed E-state index contributed by atoms with van der Waals surface area (Å²) in [5.74, 6) is -3.78. The molecule has 3 aromatic carbocycles. The van der Waals surface area contributed by atoms with Gasteiger partial charge in [-0.3, -0.25) is 4.79 Å². The Bertz CT molecular complexity index is 2170. The van der Waals surface area contributed by atoms with Crippen LogP contribution in [0.5, 0.6) is 28.7 Å². The zero-order valence-electron chi connectivity index (χ0n) is 26.7. The van der Waals surface area contributed by atoms with Crippen molar-refractivity contribution in [2.45, 2.75) is 30.7 Å². The van der Waals surface area contributed by atoms with E-state index in [0.717, 1.165) is 18.2 Å². The summed E-state index contributed by atoms with van der Waals surface area (Å²) in [6.45, 7) is -0.599. The fourth-order valence-corrected chi connectivity index (χ4v) is 5.48. The lowest BCUT2D eigenvalue weighted by Gasteiger charge is -2.40. The Morgan fingerprint density at radius 1 is 0.882 bits per heavy atom. The Balaban J connectivity index is 1.41. The first-order chi connectivity index (χ1) is 24.4. The number of phenols is 2. The highest BCUT2D eigenvalue weighted by atomic mass is 16.7. The number of carboxylic acid groups (broad SMARTS) is 1. The molecule has 6 rings (SSSR count). The summed E-state index contributed by atoms with van der Waals surface area (Å²) in [6.07, 6.45) is -6.27. The van der Waals surface area contributed by atoms with Gasteiger partial charge >= 0.3 is 17.4 Å². The standard InChI is InChI=1S/C35H30O16/c1-45-22-9-16(10-23(46-2)28(22)39)32-33(19-13-24(34(43)44)48-20-11-18(37)12-21(49-32)27(19)20)51-35-31(42)30(41)29(40)25(50-35)14-47-26(38)8-5-15-3-6-17(36)7-4-15/h3-13,25,29-31,35-36,39-42H,14H2,1-2H3,(H,43,44)/p+1/t25-,29-,30+,31-,35+/m1/s1. The van der Waals surface area contributed by atoms with Gasteiger partial charge in [0, 0.05) is 23.1 Å². The van der Waals surface area contributed by atoms with Gasteiger partial charge < -0.3 is 63.2 Å². The maximum atomic E-state index is 12.5. The van der Waals surface area contributed by atoms with Gasteiger partial charge in [0.25, 0.3) is 0 Å². The highest BCUT2D eigenvalue weighted by Crippen LogP contribution is 2.47. The Morgan fingerprint density at radius 3 is 2.16 bits per heavy atom. The van der Waals surface area contributed by atoms with Crippen molar-refractivity contribution in [1.82, 2.24) is 0 Å². The number of hydrogen-bond donors (Lipinski definition) is 6. The SMILES string of the molecule is COc1cc(-c2oc3cc(=[OH+])cc4oc(C(=O)O)cc(c2O[C@@H]2O[C@H](COC(=O)C=Cc5ccc(O)cc5)[C@@H](O)[C@H](O)[C@H]2O)c43)cc(OC)c1O. The van der Waals surface area contributed by atoms with E-state index in [9.17, 15) is 45.0 Å². The summed E-state index contributed by atoms with van der Waals surface area (Å²) in [7, 11) is 2.57. The lowest BCUT2D eigenvalue weighted by Crippen LogP contribution is -2.60. The number of aliphatic hydroxyl groups excluding tert-OH is 3. The number of rotatable bonds is 10. The van der Waals surface area contributed by atoms with Gasteiger partial charge in [-0.05, 0) is 35.9 Å². The number of ether oxygens (including phenoxy) is 5. The van der Waals surface area contributed by atoms with E-state index in [-0.39, 0.29) is 67.4 Å². The Hall–Kier alpha value is -6.07. The molecular formula is C35H31O16+. The lowest BCUT2D eigenvalue weighted by molar-refractivity contribution is -0.278. The fourth-order valence-electron chi connectivity index (χ4n) is 5.48. The molecule has 0 unspecified atom stereocenters. The minimum atomic E-state index is -1.91. The van der Waals surface area contributed by atoms with Gasteiger partial charge in [0.05, 0.1) is 31.7 Å². The van der Waals surface area contributed by atoms with Crippen LogP contribution in [0.4, 0.5) is 0 Å².